The van der Waals surface area contributed by atoms with Crippen LogP contribution < -0.4 is 10.6 Å². The van der Waals surface area contributed by atoms with Crippen LogP contribution in [0.3, 0.4) is 0 Å². The van der Waals surface area contributed by atoms with Gasteiger partial charge in [-0.3, -0.25) is 10.1 Å². The summed E-state index contributed by atoms with van der Waals surface area (Å²) in [6, 6.07) is 7.28. The molecule has 0 spiro atoms. The molecule has 6 heteroatoms. The lowest BCUT2D eigenvalue weighted by molar-refractivity contribution is -0.384. The lowest BCUT2D eigenvalue weighted by Crippen LogP contribution is -2.35. The van der Waals surface area contributed by atoms with E-state index in [0.29, 0.717) is 17.3 Å². The first-order chi connectivity index (χ1) is 9.63. The minimum absolute atomic E-state index is 0.0280. The van der Waals surface area contributed by atoms with Gasteiger partial charge in [0.25, 0.3) is 5.69 Å². The van der Waals surface area contributed by atoms with E-state index in [1.807, 2.05) is 13.1 Å². The first kappa shape index (κ1) is 14.3. The van der Waals surface area contributed by atoms with Crippen LogP contribution in [0.2, 0.25) is 0 Å². The molecule has 2 N–H and O–H groups in total. The number of anilines is 1. The minimum atomic E-state index is -0.442. The first-order valence-electron chi connectivity index (χ1n) is 6.76. The average molecular weight is 274 g/mol. The molecule has 0 aromatic heterocycles. The maximum atomic E-state index is 11.1. The second-order valence-corrected chi connectivity index (χ2v) is 5.08. The normalized spacial score (nSPS) is 22.0. The van der Waals surface area contributed by atoms with E-state index >= 15 is 0 Å². The highest BCUT2D eigenvalue weighted by molar-refractivity contribution is 5.64. The number of rotatable bonds is 4. The largest absolute Gasteiger partial charge is 0.377 e. The summed E-state index contributed by atoms with van der Waals surface area (Å²) in [4.78, 5) is 10.6. The van der Waals surface area contributed by atoms with Crippen molar-refractivity contribution in [2.45, 2.75) is 37.8 Å². The van der Waals surface area contributed by atoms with E-state index in [0.717, 1.165) is 25.7 Å². The fraction of sp³-hybridized carbons (Fsp3) is 0.500. The van der Waals surface area contributed by atoms with Crippen LogP contribution in [0.25, 0.3) is 0 Å². The summed E-state index contributed by atoms with van der Waals surface area (Å²) in [5.74, 6) is 0. The van der Waals surface area contributed by atoms with Crippen molar-refractivity contribution < 1.29 is 4.92 Å². The summed E-state index contributed by atoms with van der Waals surface area (Å²) in [6.45, 7) is 0. The van der Waals surface area contributed by atoms with Crippen LogP contribution in [-0.2, 0) is 0 Å². The Bertz CT molecular complexity index is 530. The number of nitro groups is 1. The molecule has 0 saturated heterocycles. The Labute approximate surface area is 117 Å². The highest BCUT2D eigenvalue weighted by Gasteiger charge is 2.22. The molecular formula is C14H18N4O2. The van der Waals surface area contributed by atoms with Crippen molar-refractivity contribution in [2.24, 2.45) is 0 Å². The van der Waals surface area contributed by atoms with Crippen molar-refractivity contribution in [2.75, 3.05) is 12.4 Å². The second-order valence-electron chi connectivity index (χ2n) is 5.08. The molecule has 0 aliphatic heterocycles. The molecule has 0 atom stereocenters. The molecule has 0 amide bonds. The van der Waals surface area contributed by atoms with Gasteiger partial charge in [-0.2, -0.15) is 5.26 Å². The monoisotopic (exact) mass is 274 g/mol. The Balaban J connectivity index is 2.10. The van der Waals surface area contributed by atoms with E-state index in [4.69, 9.17) is 5.26 Å². The fourth-order valence-corrected chi connectivity index (χ4v) is 2.62. The van der Waals surface area contributed by atoms with Gasteiger partial charge in [0.05, 0.1) is 16.6 Å². The molecule has 1 aliphatic rings. The van der Waals surface area contributed by atoms with Crippen LogP contribution in [-0.4, -0.2) is 24.1 Å². The Morgan fingerprint density at radius 3 is 2.50 bits per heavy atom. The van der Waals surface area contributed by atoms with Gasteiger partial charge in [-0.05, 0) is 44.9 Å². The van der Waals surface area contributed by atoms with Gasteiger partial charge in [0.2, 0.25) is 0 Å². The second kappa shape index (κ2) is 6.35. The molecule has 6 nitrogen and oxygen atoms in total. The van der Waals surface area contributed by atoms with Gasteiger partial charge in [0.15, 0.2) is 0 Å². The van der Waals surface area contributed by atoms with E-state index in [-0.39, 0.29) is 11.7 Å². The van der Waals surface area contributed by atoms with Gasteiger partial charge in [-0.1, -0.05) is 0 Å². The van der Waals surface area contributed by atoms with Crippen LogP contribution in [0.5, 0.6) is 0 Å². The number of nitro benzene ring substituents is 1. The summed E-state index contributed by atoms with van der Waals surface area (Å²) < 4.78 is 0. The quantitative estimate of drug-likeness (QED) is 0.650. The lowest BCUT2D eigenvalue weighted by Gasteiger charge is -2.29. The van der Waals surface area contributed by atoms with E-state index in [1.54, 1.807) is 12.1 Å². The highest BCUT2D eigenvalue weighted by atomic mass is 16.6. The van der Waals surface area contributed by atoms with Gasteiger partial charge < -0.3 is 10.6 Å². The van der Waals surface area contributed by atoms with Crippen LogP contribution in [0.15, 0.2) is 18.2 Å². The molecule has 1 aliphatic carbocycles. The predicted octanol–water partition coefficient (Wildman–Crippen LogP) is 2.41. The Morgan fingerprint density at radius 1 is 1.30 bits per heavy atom. The van der Waals surface area contributed by atoms with Crippen molar-refractivity contribution >= 4 is 11.4 Å². The highest BCUT2D eigenvalue weighted by Crippen LogP contribution is 2.29. The maximum Gasteiger partial charge on any atom is 0.293 e. The van der Waals surface area contributed by atoms with Crippen LogP contribution in [0.4, 0.5) is 11.4 Å². The summed E-state index contributed by atoms with van der Waals surface area (Å²) >= 11 is 0. The molecule has 0 unspecified atom stereocenters. The number of benzene rings is 1. The summed E-state index contributed by atoms with van der Waals surface area (Å²) in [7, 11) is 1.96. The zero-order valence-corrected chi connectivity index (χ0v) is 11.4. The molecule has 0 heterocycles. The molecule has 20 heavy (non-hydrogen) atoms. The van der Waals surface area contributed by atoms with Gasteiger partial charge >= 0.3 is 0 Å². The van der Waals surface area contributed by atoms with Gasteiger partial charge in [0, 0.05) is 18.2 Å². The van der Waals surface area contributed by atoms with Crippen molar-refractivity contribution in [3.63, 3.8) is 0 Å². The topological polar surface area (TPSA) is 91.0 Å². The molecule has 1 aromatic rings. The molecule has 1 aromatic carbocycles. The zero-order valence-electron chi connectivity index (χ0n) is 11.4. The number of nitrogens with zero attached hydrogens (tertiary/aromatic N) is 2. The maximum absolute atomic E-state index is 11.1. The SMILES string of the molecule is CNC1CCC(Nc2ccc(C#N)cc2[N+](=O)[O-])CC1. The zero-order chi connectivity index (χ0) is 14.5. The Kier molecular flexibility index (Phi) is 4.53. The predicted molar refractivity (Wildman–Crippen MR) is 76.5 cm³/mol. The van der Waals surface area contributed by atoms with Crippen molar-refractivity contribution in [1.29, 1.82) is 5.26 Å². The van der Waals surface area contributed by atoms with Crippen LogP contribution in [0, 0.1) is 21.4 Å². The van der Waals surface area contributed by atoms with Crippen LogP contribution >= 0.6 is 0 Å². The smallest absolute Gasteiger partial charge is 0.293 e. The number of hydrogen-bond donors (Lipinski definition) is 2. The molecule has 0 radical (unpaired) electrons. The van der Waals surface area contributed by atoms with Gasteiger partial charge in [-0.25, -0.2) is 0 Å². The third-order valence-electron chi connectivity index (χ3n) is 3.82. The minimum Gasteiger partial charge on any atom is -0.377 e. The summed E-state index contributed by atoms with van der Waals surface area (Å²) in [5, 5.41) is 26.4. The molecule has 1 fully saturated rings. The Morgan fingerprint density at radius 2 is 1.95 bits per heavy atom. The van der Waals surface area contributed by atoms with Crippen molar-refractivity contribution in [3.8, 4) is 6.07 Å². The lowest BCUT2D eigenvalue weighted by atomic mass is 9.91. The molecule has 106 valence electrons. The van der Waals surface area contributed by atoms with E-state index in [9.17, 15) is 10.1 Å². The third-order valence-corrected chi connectivity index (χ3v) is 3.82. The average Bonchev–Trinajstić information content (AvgIpc) is 2.48. The summed E-state index contributed by atoms with van der Waals surface area (Å²) in [6.07, 6.45) is 4.11. The van der Waals surface area contributed by atoms with Crippen molar-refractivity contribution in [3.05, 3.63) is 33.9 Å². The van der Waals surface area contributed by atoms with E-state index in [2.05, 4.69) is 10.6 Å². The van der Waals surface area contributed by atoms with E-state index < -0.39 is 4.92 Å². The molecule has 1 saturated carbocycles. The third kappa shape index (κ3) is 3.25. The van der Waals surface area contributed by atoms with Crippen molar-refractivity contribution in [1.82, 2.24) is 5.32 Å². The Hall–Kier alpha value is -2.13. The number of hydrogen-bond acceptors (Lipinski definition) is 5. The molecule has 2 rings (SSSR count). The van der Waals surface area contributed by atoms with Gasteiger partial charge in [-0.15, -0.1) is 0 Å². The van der Waals surface area contributed by atoms with E-state index in [1.165, 1.54) is 6.07 Å². The van der Waals surface area contributed by atoms with Crippen LogP contribution in [0.1, 0.15) is 31.2 Å². The molecule has 0 bridgehead atoms. The summed E-state index contributed by atoms with van der Waals surface area (Å²) in [5.41, 5.74) is 0.780. The fourth-order valence-electron chi connectivity index (χ4n) is 2.62. The number of nitrogens with one attached hydrogen (secondary N) is 2. The standard InChI is InChI=1S/C14H18N4O2/c1-16-11-3-5-12(6-4-11)17-13-7-2-10(9-15)8-14(13)18(19)20/h2,7-8,11-12,16-17H,3-6H2,1H3. The first-order valence-corrected chi connectivity index (χ1v) is 6.76. The molecular weight excluding hydrogens is 256 g/mol. The number of nitriles is 1. The van der Waals surface area contributed by atoms with Gasteiger partial charge in [0.1, 0.15) is 5.69 Å².